The van der Waals surface area contributed by atoms with Crippen LogP contribution in [0.4, 0.5) is 10.5 Å². The smallest absolute Gasteiger partial charge is 0.348 e. The summed E-state index contributed by atoms with van der Waals surface area (Å²) in [5.74, 6) is -0.324. The Labute approximate surface area is 148 Å². The summed E-state index contributed by atoms with van der Waals surface area (Å²) in [6.45, 7) is 3.27. The molecule has 1 aromatic carbocycles. The molecule has 0 spiro atoms. The van der Waals surface area contributed by atoms with Crippen LogP contribution >= 0.6 is 11.3 Å². The number of thiophene rings is 1. The summed E-state index contributed by atoms with van der Waals surface area (Å²) in [5.41, 5.74) is 0.667. The van der Waals surface area contributed by atoms with Gasteiger partial charge in [0, 0.05) is 35.9 Å². The third-order valence-electron chi connectivity index (χ3n) is 3.47. The molecule has 0 bridgehead atoms. The second kappa shape index (κ2) is 7.80. The summed E-state index contributed by atoms with van der Waals surface area (Å²) < 4.78 is 7.86. The predicted molar refractivity (Wildman–Crippen MR) is 97.0 cm³/mol. The van der Waals surface area contributed by atoms with Crippen LogP contribution in [0.3, 0.4) is 0 Å². The fourth-order valence-electron chi connectivity index (χ4n) is 2.32. The van der Waals surface area contributed by atoms with Gasteiger partial charge in [-0.2, -0.15) is 0 Å². The summed E-state index contributed by atoms with van der Waals surface area (Å²) in [5, 5.41) is 6.47. The second-order valence-corrected chi connectivity index (χ2v) is 6.35. The minimum absolute atomic E-state index is 0.277. The van der Waals surface area contributed by atoms with Crippen molar-refractivity contribution in [1.82, 2.24) is 14.9 Å². The number of anilines is 1. The van der Waals surface area contributed by atoms with Gasteiger partial charge in [0.1, 0.15) is 4.88 Å². The molecule has 0 aliphatic carbocycles. The molecule has 0 saturated heterocycles. The van der Waals surface area contributed by atoms with Crippen molar-refractivity contribution in [2.45, 2.75) is 13.5 Å². The van der Waals surface area contributed by atoms with Crippen molar-refractivity contribution in [2.75, 3.05) is 18.5 Å². The van der Waals surface area contributed by atoms with Gasteiger partial charge < -0.3 is 19.9 Å². The van der Waals surface area contributed by atoms with Crippen LogP contribution in [0, 0.1) is 0 Å². The van der Waals surface area contributed by atoms with Gasteiger partial charge in [0.05, 0.1) is 12.9 Å². The zero-order chi connectivity index (χ0) is 17.6. The lowest BCUT2D eigenvalue weighted by Gasteiger charge is -2.08. The molecule has 7 nitrogen and oxygen atoms in total. The van der Waals surface area contributed by atoms with Gasteiger partial charge in [-0.15, -0.1) is 11.3 Å². The maximum atomic E-state index is 12.0. The number of hydrogen-bond donors (Lipinski definition) is 2. The van der Waals surface area contributed by atoms with E-state index in [4.69, 9.17) is 4.74 Å². The van der Waals surface area contributed by atoms with Crippen LogP contribution in [-0.2, 0) is 11.3 Å². The van der Waals surface area contributed by atoms with Gasteiger partial charge in [-0.1, -0.05) is 0 Å². The van der Waals surface area contributed by atoms with Gasteiger partial charge in [-0.05, 0) is 36.6 Å². The van der Waals surface area contributed by atoms with E-state index in [0.717, 1.165) is 10.1 Å². The van der Waals surface area contributed by atoms with Crippen LogP contribution in [0.15, 0.2) is 43.0 Å². The first kappa shape index (κ1) is 17.0. The maximum Gasteiger partial charge on any atom is 0.348 e. The minimum atomic E-state index is -0.324. The van der Waals surface area contributed by atoms with E-state index in [0.29, 0.717) is 30.3 Å². The topological polar surface area (TPSA) is 85.2 Å². The lowest BCUT2D eigenvalue weighted by atomic mass is 10.2. The van der Waals surface area contributed by atoms with E-state index in [1.54, 1.807) is 25.5 Å². The van der Waals surface area contributed by atoms with E-state index in [1.165, 1.54) is 11.3 Å². The Kier molecular flexibility index (Phi) is 5.30. The van der Waals surface area contributed by atoms with Crippen molar-refractivity contribution in [3.63, 3.8) is 0 Å². The molecular formula is C17H18N4O3S. The molecule has 8 heteroatoms. The molecule has 0 fully saturated rings. The molecule has 3 aromatic rings. The molecule has 0 unspecified atom stereocenters. The number of fused-ring (bicyclic) bond motifs is 1. The van der Waals surface area contributed by atoms with E-state index in [9.17, 15) is 9.59 Å². The number of imidazole rings is 1. The molecule has 3 rings (SSSR count). The van der Waals surface area contributed by atoms with Crippen LogP contribution in [0.1, 0.15) is 16.6 Å². The molecule has 25 heavy (non-hydrogen) atoms. The predicted octanol–water partition coefficient (Wildman–Crippen LogP) is 3.10. The van der Waals surface area contributed by atoms with E-state index >= 15 is 0 Å². The molecule has 0 atom stereocenters. The van der Waals surface area contributed by atoms with Gasteiger partial charge in [0.25, 0.3) is 0 Å². The van der Waals surface area contributed by atoms with E-state index in [-0.39, 0.29) is 12.0 Å². The first-order valence-corrected chi connectivity index (χ1v) is 8.68. The number of ether oxygens (including phenoxy) is 1. The Morgan fingerprint density at radius 3 is 2.96 bits per heavy atom. The molecular weight excluding hydrogens is 340 g/mol. The fourth-order valence-corrected chi connectivity index (χ4v) is 3.25. The van der Waals surface area contributed by atoms with Gasteiger partial charge in [-0.25, -0.2) is 14.6 Å². The van der Waals surface area contributed by atoms with Crippen molar-refractivity contribution < 1.29 is 14.3 Å². The molecule has 0 aliphatic heterocycles. The lowest BCUT2D eigenvalue weighted by molar-refractivity contribution is 0.0532. The second-order valence-electron chi connectivity index (χ2n) is 5.27. The average Bonchev–Trinajstić information content (AvgIpc) is 3.24. The number of carbonyl (C=O) groups is 2. The van der Waals surface area contributed by atoms with Crippen molar-refractivity contribution in [1.29, 1.82) is 0 Å². The summed E-state index contributed by atoms with van der Waals surface area (Å²) >= 11 is 1.37. The number of urea groups is 1. The first-order chi connectivity index (χ1) is 12.2. The molecule has 130 valence electrons. The highest BCUT2D eigenvalue weighted by molar-refractivity contribution is 7.20. The van der Waals surface area contributed by atoms with Crippen LogP contribution in [0.2, 0.25) is 0 Å². The highest BCUT2D eigenvalue weighted by Crippen LogP contribution is 2.28. The number of benzene rings is 1. The van der Waals surface area contributed by atoms with E-state index in [2.05, 4.69) is 15.6 Å². The molecule has 2 N–H and O–H groups in total. The fraction of sp³-hybridized carbons (Fsp3) is 0.235. The standard InChI is InChI=1S/C17H18N4O3S/c1-2-24-16(22)15-10-12-9-13(3-4-14(12)25-15)20-17(23)19-6-8-21-7-5-18-11-21/h3-5,7,9-11H,2,6,8H2,1H3,(H2,19,20,23). The summed E-state index contributed by atoms with van der Waals surface area (Å²) in [7, 11) is 0. The quantitative estimate of drug-likeness (QED) is 0.663. The van der Waals surface area contributed by atoms with Gasteiger partial charge >= 0.3 is 12.0 Å². The Hall–Kier alpha value is -2.87. The zero-order valence-electron chi connectivity index (χ0n) is 13.7. The third-order valence-corrected chi connectivity index (χ3v) is 4.56. The average molecular weight is 358 g/mol. The number of aromatic nitrogens is 2. The number of rotatable bonds is 6. The van der Waals surface area contributed by atoms with Crippen molar-refractivity contribution in [2.24, 2.45) is 0 Å². The molecule has 2 heterocycles. The number of amides is 2. The summed E-state index contributed by atoms with van der Waals surface area (Å²) in [4.78, 5) is 28.3. The SMILES string of the molecule is CCOC(=O)c1cc2cc(NC(=O)NCCn3ccnc3)ccc2s1. The normalized spacial score (nSPS) is 10.6. The number of carbonyl (C=O) groups excluding carboxylic acids is 2. The van der Waals surface area contributed by atoms with Crippen molar-refractivity contribution in [3.8, 4) is 0 Å². The lowest BCUT2D eigenvalue weighted by Crippen LogP contribution is -2.31. The molecule has 0 saturated carbocycles. The number of nitrogens with one attached hydrogen (secondary N) is 2. The number of esters is 1. The molecule has 0 radical (unpaired) electrons. The zero-order valence-corrected chi connectivity index (χ0v) is 14.5. The van der Waals surface area contributed by atoms with Crippen LogP contribution in [-0.4, -0.2) is 34.7 Å². The summed E-state index contributed by atoms with van der Waals surface area (Å²) in [6, 6.07) is 7.03. The molecule has 0 aliphatic rings. The van der Waals surface area contributed by atoms with Crippen LogP contribution in [0.5, 0.6) is 0 Å². The molecule has 2 aromatic heterocycles. The van der Waals surface area contributed by atoms with Gasteiger partial charge in [0.15, 0.2) is 0 Å². The highest BCUT2D eigenvalue weighted by atomic mass is 32.1. The van der Waals surface area contributed by atoms with Gasteiger partial charge in [-0.3, -0.25) is 0 Å². The van der Waals surface area contributed by atoms with Crippen LogP contribution in [0.25, 0.3) is 10.1 Å². The Morgan fingerprint density at radius 1 is 1.32 bits per heavy atom. The van der Waals surface area contributed by atoms with Crippen molar-refractivity contribution >= 4 is 39.1 Å². The Morgan fingerprint density at radius 2 is 2.20 bits per heavy atom. The van der Waals surface area contributed by atoms with Crippen LogP contribution < -0.4 is 10.6 Å². The Balaban J connectivity index is 1.59. The maximum absolute atomic E-state index is 12.0. The Bertz CT molecular complexity index is 873. The minimum Gasteiger partial charge on any atom is -0.462 e. The largest absolute Gasteiger partial charge is 0.462 e. The first-order valence-electron chi connectivity index (χ1n) is 7.87. The van der Waals surface area contributed by atoms with Gasteiger partial charge in [0.2, 0.25) is 0 Å². The van der Waals surface area contributed by atoms with E-state index in [1.807, 2.05) is 29.0 Å². The number of nitrogens with zero attached hydrogens (tertiary/aromatic N) is 2. The highest BCUT2D eigenvalue weighted by Gasteiger charge is 2.11. The monoisotopic (exact) mass is 358 g/mol. The third kappa shape index (κ3) is 4.36. The van der Waals surface area contributed by atoms with Crippen molar-refractivity contribution in [3.05, 3.63) is 47.9 Å². The molecule has 2 amide bonds. The summed E-state index contributed by atoms with van der Waals surface area (Å²) in [6.07, 6.45) is 5.23. The van der Waals surface area contributed by atoms with E-state index < -0.39 is 0 Å². The number of hydrogen-bond acceptors (Lipinski definition) is 5.